The molecule has 2 aromatic rings. The molecule has 1 aliphatic heterocycles. The van der Waals surface area contributed by atoms with E-state index in [1.807, 2.05) is 0 Å². The number of amides is 2. The van der Waals surface area contributed by atoms with Gasteiger partial charge in [0.25, 0.3) is 5.91 Å². The van der Waals surface area contributed by atoms with Crippen molar-refractivity contribution in [1.82, 2.24) is 9.80 Å². The lowest BCUT2D eigenvalue weighted by Crippen LogP contribution is -2.46. The average Bonchev–Trinajstić information content (AvgIpc) is 3.13. The number of carbonyl (C=O) groups is 2. The van der Waals surface area contributed by atoms with Crippen LogP contribution in [0.2, 0.25) is 5.02 Å². The van der Waals surface area contributed by atoms with Crippen molar-refractivity contribution in [2.24, 2.45) is 0 Å². The zero-order valence-corrected chi connectivity index (χ0v) is 15.6. The third-order valence-corrected chi connectivity index (χ3v) is 5.12. The summed E-state index contributed by atoms with van der Waals surface area (Å²) in [4.78, 5) is 28.5. The Bertz CT molecular complexity index is 854. The molecule has 7 heteroatoms. The lowest BCUT2D eigenvalue weighted by atomic mass is 10.1. The minimum Gasteiger partial charge on any atom is -0.507 e. The van der Waals surface area contributed by atoms with Crippen molar-refractivity contribution >= 4 is 23.4 Å². The van der Waals surface area contributed by atoms with Gasteiger partial charge in [-0.05, 0) is 37.1 Å². The van der Waals surface area contributed by atoms with E-state index < -0.39 is 11.9 Å². The van der Waals surface area contributed by atoms with Crippen LogP contribution in [0, 0.1) is 5.82 Å². The fourth-order valence-corrected chi connectivity index (χ4v) is 3.55. The molecule has 2 aromatic carbocycles. The number of likely N-dealkylation sites (N-methyl/N-ethyl adjacent to an activating group) is 1. The van der Waals surface area contributed by atoms with Crippen LogP contribution in [0.5, 0.6) is 5.75 Å². The van der Waals surface area contributed by atoms with Gasteiger partial charge in [-0.25, -0.2) is 4.39 Å². The number of aromatic hydroxyl groups is 1. The van der Waals surface area contributed by atoms with E-state index in [2.05, 4.69) is 0 Å². The predicted molar refractivity (Wildman–Crippen MR) is 100 cm³/mol. The van der Waals surface area contributed by atoms with Crippen LogP contribution in [0.25, 0.3) is 0 Å². The van der Waals surface area contributed by atoms with Crippen LogP contribution in [-0.4, -0.2) is 46.4 Å². The van der Waals surface area contributed by atoms with Gasteiger partial charge in [-0.15, -0.1) is 0 Å². The quantitative estimate of drug-likeness (QED) is 0.869. The van der Waals surface area contributed by atoms with Crippen molar-refractivity contribution in [3.8, 4) is 5.75 Å². The predicted octanol–water partition coefficient (Wildman–Crippen LogP) is 3.45. The molecule has 0 radical (unpaired) electrons. The molecule has 0 spiro atoms. The lowest BCUT2D eigenvalue weighted by molar-refractivity contribution is -0.134. The molecular formula is C20H20ClFN2O3. The third-order valence-electron chi connectivity index (χ3n) is 4.77. The second kappa shape index (κ2) is 7.96. The number of phenolic OH excluding ortho intramolecular Hbond substituents is 1. The van der Waals surface area contributed by atoms with Gasteiger partial charge in [0.2, 0.25) is 5.91 Å². The molecule has 3 rings (SSSR count). The Morgan fingerprint density at radius 3 is 2.70 bits per heavy atom. The maximum Gasteiger partial charge on any atom is 0.258 e. The van der Waals surface area contributed by atoms with Crippen LogP contribution in [0.15, 0.2) is 42.5 Å². The van der Waals surface area contributed by atoms with Gasteiger partial charge in [-0.2, -0.15) is 0 Å². The summed E-state index contributed by atoms with van der Waals surface area (Å²) in [5.74, 6) is -1.26. The van der Waals surface area contributed by atoms with Crippen molar-refractivity contribution in [2.75, 3.05) is 13.6 Å². The fraction of sp³-hybridized carbons (Fsp3) is 0.300. The molecule has 0 aromatic heterocycles. The summed E-state index contributed by atoms with van der Waals surface area (Å²) in [6, 6.07) is 9.98. The number of rotatable bonds is 4. The second-order valence-electron chi connectivity index (χ2n) is 6.57. The number of halogens is 2. The number of hydrogen-bond acceptors (Lipinski definition) is 3. The third kappa shape index (κ3) is 3.90. The number of carbonyl (C=O) groups excluding carboxylic acids is 2. The Labute approximate surface area is 162 Å². The van der Waals surface area contributed by atoms with Crippen molar-refractivity contribution in [3.05, 3.63) is 64.4 Å². The Balaban J connectivity index is 1.77. The second-order valence-corrected chi connectivity index (χ2v) is 6.98. The molecule has 1 heterocycles. The molecule has 1 saturated heterocycles. The van der Waals surface area contributed by atoms with E-state index >= 15 is 0 Å². The van der Waals surface area contributed by atoms with Gasteiger partial charge in [-0.1, -0.05) is 29.8 Å². The molecule has 0 unspecified atom stereocenters. The van der Waals surface area contributed by atoms with E-state index in [4.69, 9.17) is 11.6 Å². The Morgan fingerprint density at radius 2 is 2.00 bits per heavy atom. The highest BCUT2D eigenvalue weighted by molar-refractivity contribution is 6.31. The molecule has 2 amide bonds. The first kappa shape index (κ1) is 19.2. The maximum atomic E-state index is 14.0. The highest BCUT2D eigenvalue weighted by Crippen LogP contribution is 2.26. The lowest BCUT2D eigenvalue weighted by Gasteiger charge is -2.28. The van der Waals surface area contributed by atoms with Crippen molar-refractivity contribution in [3.63, 3.8) is 0 Å². The smallest absolute Gasteiger partial charge is 0.258 e. The molecule has 0 saturated carbocycles. The summed E-state index contributed by atoms with van der Waals surface area (Å²) in [5.41, 5.74) is 0.406. The van der Waals surface area contributed by atoms with Crippen LogP contribution < -0.4 is 0 Å². The number of para-hydroxylation sites is 1. The summed E-state index contributed by atoms with van der Waals surface area (Å²) in [6.07, 6.45) is 1.21. The van der Waals surface area contributed by atoms with Gasteiger partial charge < -0.3 is 14.9 Å². The van der Waals surface area contributed by atoms with Gasteiger partial charge in [0, 0.05) is 30.7 Å². The largest absolute Gasteiger partial charge is 0.507 e. The standard InChI is InChI=1S/C20H20ClFN2O3/c1-23(12-14-15(21)7-4-8-16(14)22)20(27)17-9-5-11-24(17)19(26)13-6-2-3-10-18(13)25/h2-4,6-8,10,17,25H,5,9,11-12H2,1H3/t17-/m0/s1. The first-order chi connectivity index (χ1) is 12.9. The topological polar surface area (TPSA) is 60.9 Å². The number of likely N-dealkylation sites (tertiary alicyclic amines) is 1. The number of benzene rings is 2. The van der Waals surface area contributed by atoms with Crippen LogP contribution in [0.1, 0.15) is 28.8 Å². The summed E-state index contributed by atoms with van der Waals surface area (Å²) < 4.78 is 14.0. The first-order valence-corrected chi connectivity index (χ1v) is 9.04. The Hall–Kier alpha value is -2.60. The zero-order valence-electron chi connectivity index (χ0n) is 14.9. The van der Waals surface area contributed by atoms with Crippen molar-refractivity contribution in [1.29, 1.82) is 0 Å². The number of phenols is 1. The van der Waals surface area contributed by atoms with E-state index in [9.17, 15) is 19.1 Å². The van der Waals surface area contributed by atoms with Gasteiger partial charge in [0.05, 0.1) is 5.56 Å². The molecule has 1 N–H and O–H groups in total. The highest BCUT2D eigenvalue weighted by atomic mass is 35.5. The molecule has 142 valence electrons. The number of nitrogens with zero attached hydrogens (tertiary/aromatic N) is 2. The van der Waals surface area contributed by atoms with Crippen LogP contribution in [0.3, 0.4) is 0 Å². The van der Waals surface area contributed by atoms with Crippen LogP contribution in [-0.2, 0) is 11.3 Å². The summed E-state index contributed by atoms with van der Waals surface area (Å²) in [5, 5.41) is 10.2. The summed E-state index contributed by atoms with van der Waals surface area (Å²) in [7, 11) is 1.56. The number of hydrogen-bond donors (Lipinski definition) is 1. The molecule has 0 bridgehead atoms. The molecule has 1 fully saturated rings. The highest BCUT2D eigenvalue weighted by Gasteiger charge is 2.37. The van der Waals surface area contributed by atoms with E-state index in [0.717, 1.165) is 0 Å². The van der Waals surface area contributed by atoms with Crippen molar-refractivity contribution in [2.45, 2.75) is 25.4 Å². The monoisotopic (exact) mass is 390 g/mol. The molecule has 1 aliphatic rings. The minimum absolute atomic E-state index is 0.0134. The molecule has 27 heavy (non-hydrogen) atoms. The fourth-order valence-electron chi connectivity index (χ4n) is 3.33. The average molecular weight is 391 g/mol. The minimum atomic E-state index is -0.646. The normalized spacial score (nSPS) is 16.4. The van der Waals surface area contributed by atoms with E-state index in [0.29, 0.717) is 19.4 Å². The van der Waals surface area contributed by atoms with Crippen LogP contribution in [0.4, 0.5) is 4.39 Å². The Kier molecular flexibility index (Phi) is 5.65. The van der Waals surface area contributed by atoms with E-state index in [-0.39, 0.29) is 40.3 Å². The van der Waals surface area contributed by atoms with Crippen molar-refractivity contribution < 1.29 is 19.1 Å². The summed E-state index contributed by atoms with van der Waals surface area (Å²) >= 11 is 6.04. The first-order valence-electron chi connectivity index (χ1n) is 8.67. The van der Waals surface area contributed by atoms with Crippen LogP contribution >= 0.6 is 11.6 Å². The van der Waals surface area contributed by atoms with Gasteiger partial charge >= 0.3 is 0 Å². The SMILES string of the molecule is CN(Cc1c(F)cccc1Cl)C(=O)[C@@H]1CCCN1C(=O)c1ccccc1O. The molecule has 0 aliphatic carbocycles. The molecule has 5 nitrogen and oxygen atoms in total. The van der Waals surface area contributed by atoms with E-state index in [1.54, 1.807) is 25.2 Å². The molecular weight excluding hydrogens is 371 g/mol. The maximum absolute atomic E-state index is 14.0. The summed E-state index contributed by atoms with van der Waals surface area (Å²) in [6.45, 7) is 0.442. The van der Waals surface area contributed by atoms with E-state index in [1.165, 1.54) is 34.1 Å². The Morgan fingerprint density at radius 1 is 1.26 bits per heavy atom. The van der Waals surface area contributed by atoms with Gasteiger partial charge in [0.1, 0.15) is 17.6 Å². The zero-order chi connectivity index (χ0) is 19.6. The molecule has 1 atom stereocenters. The van der Waals surface area contributed by atoms with Gasteiger partial charge in [-0.3, -0.25) is 9.59 Å². The van der Waals surface area contributed by atoms with Gasteiger partial charge in [0.15, 0.2) is 0 Å².